The minimum atomic E-state index is -0.217. The Morgan fingerprint density at radius 3 is 3.04 bits per heavy atom. The lowest BCUT2D eigenvalue weighted by atomic mass is 10.2. The molecule has 1 aliphatic heterocycles. The summed E-state index contributed by atoms with van der Waals surface area (Å²) < 4.78 is 10.7. The molecule has 0 N–H and O–H groups in total. The van der Waals surface area contributed by atoms with E-state index in [2.05, 4.69) is 15.1 Å². The first-order valence-electron chi connectivity index (χ1n) is 7.37. The second-order valence-electron chi connectivity index (χ2n) is 5.35. The van der Waals surface area contributed by atoms with Crippen molar-refractivity contribution in [2.45, 2.75) is 25.4 Å². The highest BCUT2D eigenvalue weighted by Gasteiger charge is 2.36. The van der Waals surface area contributed by atoms with E-state index in [1.165, 1.54) is 0 Å². The molecule has 1 amide bonds. The first-order valence-corrected chi connectivity index (χ1v) is 7.37. The van der Waals surface area contributed by atoms with Crippen molar-refractivity contribution in [3.63, 3.8) is 0 Å². The highest BCUT2D eigenvalue weighted by atomic mass is 16.5. The molecule has 1 saturated heterocycles. The predicted octanol–water partition coefficient (Wildman–Crippen LogP) is 2.59. The monoisotopic (exact) mass is 310 g/mol. The first kappa shape index (κ1) is 13.7. The number of rotatable bonds is 4. The molecular formula is C16H14N4O3. The van der Waals surface area contributed by atoms with Gasteiger partial charge >= 0.3 is 0 Å². The molecule has 4 heterocycles. The predicted molar refractivity (Wildman–Crippen MR) is 78.8 cm³/mol. The quantitative estimate of drug-likeness (QED) is 0.736. The first-order chi connectivity index (χ1) is 11.3. The number of nitrogens with zero attached hydrogens (tertiary/aromatic N) is 4. The summed E-state index contributed by atoms with van der Waals surface area (Å²) in [4.78, 5) is 22.3. The Labute approximate surface area is 131 Å². The second kappa shape index (κ2) is 5.68. The minimum absolute atomic E-state index is 0.0625. The molecule has 0 saturated carbocycles. The second-order valence-corrected chi connectivity index (χ2v) is 5.35. The number of carbonyl (C=O) groups is 1. The summed E-state index contributed by atoms with van der Waals surface area (Å²) in [5, 5.41) is 4.00. The number of pyridine rings is 1. The molecule has 1 unspecified atom stereocenters. The van der Waals surface area contributed by atoms with Gasteiger partial charge in [0.15, 0.2) is 0 Å². The van der Waals surface area contributed by atoms with Gasteiger partial charge in [0.25, 0.3) is 0 Å². The number of furan rings is 1. The summed E-state index contributed by atoms with van der Waals surface area (Å²) in [5.41, 5.74) is 0.782. The van der Waals surface area contributed by atoms with Crippen LogP contribution in [0.1, 0.15) is 30.5 Å². The zero-order valence-corrected chi connectivity index (χ0v) is 12.3. The van der Waals surface area contributed by atoms with E-state index in [4.69, 9.17) is 8.94 Å². The van der Waals surface area contributed by atoms with E-state index < -0.39 is 0 Å². The molecule has 0 bridgehead atoms. The maximum absolute atomic E-state index is 12.1. The Bertz CT molecular complexity index is 798. The molecule has 0 radical (unpaired) electrons. The van der Waals surface area contributed by atoms with Crippen molar-refractivity contribution in [3.8, 4) is 11.4 Å². The smallest absolute Gasteiger partial charge is 0.249 e. The van der Waals surface area contributed by atoms with Crippen LogP contribution < -0.4 is 0 Å². The van der Waals surface area contributed by atoms with Crippen LogP contribution in [0.2, 0.25) is 0 Å². The standard InChI is InChI=1S/C16H14N4O3/c21-14-6-5-13(20(14)10-12-4-2-8-22-12)16-18-15(19-23-16)11-3-1-7-17-9-11/h1-4,7-9,13H,5-6,10H2. The van der Waals surface area contributed by atoms with E-state index in [0.717, 1.165) is 11.3 Å². The van der Waals surface area contributed by atoms with Crippen LogP contribution in [0.15, 0.2) is 51.9 Å². The Balaban J connectivity index is 1.59. The molecule has 1 atom stereocenters. The van der Waals surface area contributed by atoms with Crippen molar-refractivity contribution in [2.24, 2.45) is 0 Å². The van der Waals surface area contributed by atoms with Gasteiger partial charge in [0, 0.05) is 24.4 Å². The normalized spacial score (nSPS) is 17.8. The molecular weight excluding hydrogens is 296 g/mol. The molecule has 0 spiro atoms. The van der Waals surface area contributed by atoms with E-state index in [1.807, 2.05) is 18.2 Å². The van der Waals surface area contributed by atoms with E-state index in [-0.39, 0.29) is 11.9 Å². The highest BCUT2D eigenvalue weighted by Crippen LogP contribution is 2.34. The number of likely N-dealkylation sites (tertiary alicyclic amines) is 1. The van der Waals surface area contributed by atoms with Crippen molar-refractivity contribution in [2.75, 3.05) is 0 Å². The fourth-order valence-electron chi connectivity index (χ4n) is 2.74. The fraction of sp³-hybridized carbons (Fsp3) is 0.250. The van der Waals surface area contributed by atoms with Crippen molar-refractivity contribution in [1.29, 1.82) is 0 Å². The summed E-state index contributed by atoms with van der Waals surface area (Å²) in [6.45, 7) is 0.404. The van der Waals surface area contributed by atoms with Crippen LogP contribution in [0.5, 0.6) is 0 Å². The Hall–Kier alpha value is -2.96. The summed E-state index contributed by atoms with van der Waals surface area (Å²) in [6, 6.07) is 7.11. The number of hydrogen-bond acceptors (Lipinski definition) is 6. The average molecular weight is 310 g/mol. The topological polar surface area (TPSA) is 85.3 Å². The van der Waals surface area contributed by atoms with Gasteiger partial charge in [0.1, 0.15) is 11.8 Å². The number of amides is 1. The van der Waals surface area contributed by atoms with Gasteiger partial charge in [0.2, 0.25) is 17.6 Å². The molecule has 1 fully saturated rings. The van der Waals surface area contributed by atoms with Crippen LogP contribution in [0, 0.1) is 0 Å². The molecule has 1 aliphatic rings. The largest absolute Gasteiger partial charge is 0.467 e. The van der Waals surface area contributed by atoms with Gasteiger partial charge in [-0.15, -0.1) is 0 Å². The van der Waals surface area contributed by atoms with Gasteiger partial charge in [-0.3, -0.25) is 9.78 Å². The van der Waals surface area contributed by atoms with Crippen LogP contribution in [0.3, 0.4) is 0 Å². The molecule has 7 heteroatoms. The van der Waals surface area contributed by atoms with Gasteiger partial charge in [-0.1, -0.05) is 5.16 Å². The lowest BCUT2D eigenvalue weighted by Gasteiger charge is -2.20. The van der Waals surface area contributed by atoms with Gasteiger partial charge in [-0.05, 0) is 30.7 Å². The molecule has 3 aromatic heterocycles. The number of hydrogen-bond donors (Lipinski definition) is 0. The van der Waals surface area contributed by atoms with Gasteiger partial charge < -0.3 is 13.8 Å². The molecule has 0 aromatic carbocycles. The van der Waals surface area contributed by atoms with E-state index in [9.17, 15) is 4.79 Å². The molecule has 116 valence electrons. The summed E-state index contributed by atoms with van der Waals surface area (Å²) in [6.07, 6.45) is 6.09. The number of aromatic nitrogens is 3. The molecule has 23 heavy (non-hydrogen) atoms. The van der Waals surface area contributed by atoms with E-state index in [1.54, 1.807) is 29.6 Å². The minimum Gasteiger partial charge on any atom is -0.467 e. The highest BCUT2D eigenvalue weighted by molar-refractivity contribution is 5.78. The lowest BCUT2D eigenvalue weighted by molar-refractivity contribution is -0.130. The average Bonchev–Trinajstić information content (AvgIpc) is 3.31. The molecule has 7 nitrogen and oxygen atoms in total. The summed E-state index contributed by atoms with van der Waals surface area (Å²) in [5.74, 6) is 1.72. The number of carbonyl (C=O) groups excluding carboxylic acids is 1. The van der Waals surface area contributed by atoms with Gasteiger partial charge in [-0.2, -0.15) is 4.98 Å². The third kappa shape index (κ3) is 2.61. The fourth-order valence-corrected chi connectivity index (χ4v) is 2.74. The Morgan fingerprint density at radius 1 is 1.30 bits per heavy atom. The van der Waals surface area contributed by atoms with Crippen LogP contribution >= 0.6 is 0 Å². The van der Waals surface area contributed by atoms with Gasteiger partial charge in [-0.25, -0.2) is 0 Å². The van der Waals surface area contributed by atoms with E-state index >= 15 is 0 Å². The van der Waals surface area contributed by atoms with Crippen molar-refractivity contribution in [1.82, 2.24) is 20.0 Å². The van der Waals surface area contributed by atoms with Crippen LogP contribution in [0.4, 0.5) is 0 Å². The maximum atomic E-state index is 12.1. The summed E-state index contributed by atoms with van der Waals surface area (Å²) >= 11 is 0. The van der Waals surface area contributed by atoms with Crippen LogP contribution in [0.25, 0.3) is 11.4 Å². The van der Waals surface area contributed by atoms with Crippen molar-refractivity contribution in [3.05, 3.63) is 54.6 Å². The van der Waals surface area contributed by atoms with E-state index in [0.29, 0.717) is 31.1 Å². The van der Waals surface area contributed by atoms with Crippen molar-refractivity contribution < 1.29 is 13.7 Å². The SMILES string of the molecule is O=C1CCC(c2nc(-c3cccnc3)no2)N1Cc1ccco1. The maximum Gasteiger partial charge on any atom is 0.249 e. The zero-order chi connectivity index (χ0) is 15.6. The zero-order valence-electron chi connectivity index (χ0n) is 12.3. The van der Waals surface area contributed by atoms with Crippen LogP contribution in [-0.4, -0.2) is 25.9 Å². The Morgan fingerprint density at radius 2 is 2.26 bits per heavy atom. The third-order valence-corrected chi connectivity index (χ3v) is 3.88. The summed E-state index contributed by atoms with van der Waals surface area (Å²) in [7, 11) is 0. The van der Waals surface area contributed by atoms with Crippen molar-refractivity contribution >= 4 is 5.91 Å². The molecule has 4 rings (SSSR count). The lowest BCUT2D eigenvalue weighted by Crippen LogP contribution is -2.27. The Kier molecular flexibility index (Phi) is 3.38. The van der Waals surface area contributed by atoms with Gasteiger partial charge in [0.05, 0.1) is 12.8 Å². The third-order valence-electron chi connectivity index (χ3n) is 3.88. The molecule has 0 aliphatic carbocycles. The molecule has 3 aromatic rings. The van der Waals surface area contributed by atoms with Crippen LogP contribution in [-0.2, 0) is 11.3 Å².